The van der Waals surface area contributed by atoms with E-state index in [0.717, 1.165) is 0 Å². The van der Waals surface area contributed by atoms with Crippen molar-refractivity contribution in [1.29, 1.82) is 0 Å². The maximum atomic E-state index is 13.9. The number of hydrogen-bond donors (Lipinski definition) is 0. The molecule has 0 bridgehead atoms. The summed E-state index contributed by atoms with van der Waals surface area (Å²) in [5, 5.41) is 4.36. The zero-order chi connectivity index (χ0) is 20.4. The summed E-state index contributed by atoms with van der Waals surface area (Å²) < 4.78 is 19.1. The third-order valence-corrected chi connectivity index (χ3v) is 5.07. The number of carbonyl (C=O) groups excluding carboxylic acids is 2. The van der Waals surface area contributed by atoms with Gasteiger partial charge in [0, 0.05) is 42.8 Å². The van der Waals surface area contributed by atoms with Crippen molar-refractivity contribution in [1.82, 2.24) is 15.0 Å². The second-order valence-corrected chi connectivity index (χ2v) is 7.08. The molecule has 29 heavy (non-hydrogen) atoms. The Balaban J connectivity index is 1.40. The van der Waals surface area contributed by atoms with Crippen molar-refractivity contribution in [3.63, 3.8) is 0 Å². The highest BCUT2D eigenvalue weighted by molar-refractivity contribution is 6.30. The lowest BCUT2D eigenvalue weighted by Gasteiger charge is -2.34. The molecule has 2 amide bonds. The third-order valence-electron chi connectivity index (χ3n) is 4.81. The molecule has 1 fully saturated rings. The number of amides is 2. The molecule has 2 heterocycles. The molecule has 0 aliphatic carbocycles. The largest absolute Gasteiger partial charge is 0.355 e. The Hall–Kier alpha value is -3.19. The predicted octanol–water partition coefficient (Wildman–Crippen LogP) is 3.73. The van der Waals surface area contributed by atoms with Crippen molar-refractivity contribution in [3.8, 4) is 11.3 Å². The molecule has 0 spiro atoms. The molecule has 0 unspecified atom stereocenters. The van der Waals surface area contributed by atoms with Crippen LogP contribution in [0, 0.1) is 5.82 Å². The highest BCUT2D eigenvalue weighted by Crippen LogP contribution is 2.24. The van der Waals surface area contributed by atoms with Gasteiger partial charge in [-0.25, -0.2) is 4.39 Å². The lowest BCUT2D eigenvalue weighted by Crippen LogP contribution is -2.50. The smallest absolute Gasteiger partial charge is 0.276 e. The number of benzene rings is 2. The van der Waals surface area contributed by atoms with Crippen molar-refractivity contribution in [3.05, 3.63) is 76.7 Å². The minimum absolute atomic E-state index is 0.1000. The van der Waals surface area contributed by atoms with Crippen LogP contribution >= 0.6 is 11.6 Å². The Morgan fingerprint density at radius 2 is 1.55 bits per heavy atom. The number of piperazine rings is 1. The van der Waals surface area contributed by atoms with E-state index < -0.39 is 5.82 Å². The van der Waals surface area contributed by atoms with Crippen LogP contribution in [-0.2, 0) is 0 Å². The summed E-state index contributed by atoms with van der Waals surface area (Å²) in [7, 11) is 0. The maximum Gasteiger partial charge on any atom is 0.276 e. The van der Waals surface area contributed by atoms with Gasteiger partial charge in [-0.1, -0.05) is 28.9 Å². The number of carbonyl (C=O) groups is 2. The van der Waals surface area contributed by atoms with Crippen LogP contribution in [0.5, 0.6) is 0 Å². The number of rotatable bonds is 3. The Morgan fingerprint density at radius 1 is 0.931 bits per heavy atom. The first-order valence-corrected chi connectivity index (χ1v) is 9.46. The van der Waals surface area contributed by atoms with E-state index >= 15 is 0 Å². The van der Waals surface area contributed by atoms with Crippen LogP contribution in [0.25, 0.3) is 11.3 Å². The van der Waals surface area contributed by atoms with E-state index in [4.69, 9.17) is 16.1 Å². The molecule has 8 heteroatoms. The summed E-state index contributed by atoms with van der Waals surface area (Å²) in [5.41, 5.74) is 0.915. The summed E-state index contributed by atoms with van der Waals surface area (Å²) in [4.78, 5) is 28.6. The van der Waals surface area contributed by atoms with E-state index in [9.17, 15) is 14.0 Å². The second kappa shape index (κ2) is 8.05. The summed E-state index contributed by atoms with van der Waals surface area (Å²) in [6.07, 6.45) is 0. The van der Waals surface area contributed by atoms with E-state index in [1.54, 1.807) is 52.3 Å². The Kier molecular flexibility index (Phi) is 5.31. The molecular formula is C21H17ClFN3O3. The standard InChI is InChI=1S/C21H17ClFN3O3/c22-15-7-5-14(6-8-15)20(27)25-9-11-26(12-10-25)21(28)18-13-19(29-24-18)16-3-1-2-4-17(16)23/h1-8,13H,9-12H2. The van der Waals surface area contributed by atoms with Crippen LogP contribution in [0.15, 0.2) is 59.1 Å². The van der Waals surface area contributed by atoms with Gasteiger partial charge < -0.3 is 14.3 Å². The molecular weight excluding hydrogens is 397 g/mol. The average Bonchev–Trinajstić information content (AvgIpc) is 3.24. The van der Waals surface area contributed by atoms with Gasteiger partial charge in [-0.05, 0) is 36.4 Å². The molecule has 4 rings (SSSR count). The van der Waals surface area contributed by atoms with Crippen LogP contribution in [-0.4, -0.2) is 52.9 Å². The molecule has 1 aromatic heterocycles. The third kappa shape index (κ3) is 4.00. The molecule has 6 nitrogen and oxygen atoms in total. The summed E-state index contributed by atoms with van der Waals surface area (Å²) in [6.45, 7) is 1.57. The van der Waals surface area contributed by atoms with Crippen molar-refractivity contribution in [2.75, 3.05) is 26.2 Å². The lowest BCUT2D eigenvalue weighted by atomic mass is 10.1. The van der Waals surface area contributed by atoms with Gasteiger partial charge in [-0.2, -0.15) is 0 Å². The van der Waals surface area contributed by atoms with E-state index in [2.05, 4.69) is 5.16 Å². The van der Waals surface area contributed by atoms with Crippen LogP contribution in [0.2, 0.25) is 5.02 Å². The Bertz CT molecular complexity index is 1040. The van der Waals surface area contributed by atoms with E-state index in [-0.39, 0.29) is 28.8 Å². The number of nitrogens with zero attached hydrogens (tertiary/aromatic N) is 3. The van der Waals surface area contributed by atoms with E-state index in [1.165, 1.54) is 12.1 Å². The van der Waals surface area contributed by atoms with Crippen LogP contribution < -0.4 is 0 Å². The van der Waals surface area contributed by atoms with Crippen molar-refractivity contribution in [2.24, 2.45) is 0 Å². The molecule has 1 saturated heterocycles. The summed E-state index contributed by atoms with van der Waals surface area (Å²) >= 11 is 5.86. The fourth-order valence-electron chi connectivity index (χ4n) is 3.21. The second-order valence-electron chi connectivity index (χ2n) is 6.65. The maximum absolute atomic E-state index is 13.9. The minimum atomic E-state index is -0.447. The first-order valence-electron chi connectivity index (χ1n) is 9.08. The van der Waals surface area contributed by atoms with Gasteiger partial charge in [-0.15, -0.1) is 0 Å². The molecule has 0 N–H and O–H groups in total. The van der Waals surface area contributed by atoms with E-state index in [1.807, 2.05) is 0 Å². The first kappa shape index (κ1) is 19.1. The van der Waals surface area contributed by atoms with Gasteiger partial charge in [0.2, 0.25) is 0 Å². The quantitative estimate of drug-likeness (QED) is 0.656. The lowest BCUT2D eigenvalue weighted by molar-refractivity contribution is 0.0530. The molecule has 1 aliphatic rings. The van der Waals surface area contributed by atoms with Crippen LogP contribution in [0.3, 0.4) is 0 Å². The molecule has 3 aromatic rings. The average molecular weight is 414 g/mol. The zero-order valence-corrected chi connectivity index (χ0v) is 16.1. The molecule has 2 aromatic carbocycles. The SMILES string of the molecule is O=C(c1ccc(Cl)cc1)N1CCN(C(=O)c2cc(-c3ccccc3F)on2)CC1. The number of halogens is 2. The molecule has 1 aliphatic heterocycles. The molecule has 0 radical (unpaired) electrons. The highest BCUT2D eigenvalue weighted by atomic mass is 35.5. The van der Waals surface area contributed by atoms with Gasteiger partial charge in [-0.3, -0.25) is 9.59 Å². The highest BCUT2D eigenvalue weighted by Gasteiger charge is 2.27. The monoisotopic (exact) mass is 413 g/mol. The normalized spacial score (nSPS) is 14.1. The topological polar surface area (TPSA) is 66.7 Å². The summed E-state index contributed by atoms with van der Waals surface area (Å²) in [6, 6.07) is 14.3. The number of aromatic nitrogens is 1. The van der Waals surface area contributed by atoms with Crippen molar-refractivity contribution < 1.29 is 18.5 Å². The van der Waals surface area contributed by atoms with Crippen LogP contribution in [0.1, 0.15) is 20.8 Å². The van der Waals surface area contributed by atoms with E-state index in [0.29, 0.717) is 36.8 Å². The van der Waals surface area contributed by atoms with Gasteiger partial charge in [0.25, 0.3) is 11.8 Å². The summed E-state index contributed by atoms with van der Waals surface area (Å²) in [5.74, 6) is -0.660. The van der Waals surface area contributed by atoms with Crippen molar-refractivity contribution in [2.45, 2.75) is 0 Å². The Morgan fingerprint density at radius 3 is 2.21 bits per heavy atom. The van der Waals surface area contributed by atoms with Gasteiger partial charge >= 0.3 is 0 Å². The van der Waals surface area contributed by atoms with Crippen LogP contribution in [0.4, 0.5) is 4.39 Å². The molecule has 0 atom stereocenters. The fourth-order valence-corrected chi connectivity index (χ4v) is 3.34. The minimum Gasteiger partial charge on any atom is -0.355 e. The molecule has 0 saturated carbocycles. The first-order chi connectivity index (χ1) is 14.0. The van der Waals surface area contributed by atoms with Gasteiger partial charge in [0.15, 0.2) is 11.5 Å². The van der Waals surface area contributed by atoms with Crippen molar-refractivity contribution >= 4 is 23.4 Å². The number of hydrogen-bond acceptors (Lipinski definition) is 4. The Labute approximate surface area is 171 Å². The van der Waals surface area contributed by atoms with Gasteiger partial charge in [0.1, 0.15) is 5.82 Å². The zero-order valence-electron chi connectivity index (χ0n) is 15.3. The fraction of sp³-hybridized carbons (Fsp3) is 0.190. The predicted molar refractivity (Wildman–Crippen MR) is 105 cm³/mol. The molecule has 148 valence electrons. The van der Waals surface area contributed by atoms with Gasteiger partial charge in [0.05, 0.1) is 5.56 Å².